The Morgan fingerprint density at radius 1 is 1.40 bits per heavy atom. The number of ether oxygens (including phenoxy) is 1. The van der Waals surface area contributed by atoms with Gasteiger partial charge in [-0.3, -0.25) is 4.79 Å². The van der Waals surface area contributed by atoms with E-state index in [-0.39, 0.29) is 18.5 Å². The van der Waals surface area contributed by atoms with Crippen LogP contribution in [0.1, 0.15) is 18.9 Å². The van der Waals surface area contributed by atoms with E-state index >= 15 is 0 Å². The van der Waals surface area contributed by atoms with Crippen LogP contribution in [0.4, 0.5) is 0 Å². The van der Waals surface area contributed by atoms with Crippen molar-refractivity contribution in [3.8, 4) is 11.8 Å². The summed E-state index contributed by atoms with van der Waals surface area (Å²) in [6, 6.07) is 9.89. The van der Waals surface area contributed by atoms with Gasteiger partial charge < -0.3 is 15.4 Å². The molecule has 0 aliphatic rings. The predicted molar refractivity (Wildman–Crippen MR) is 77.4 cm³/mol. The zero-order chi connectivity index (χ0) is 14.8. The van der Waals surface area contributed by atoms with Gasteiger partial charge in [-0.25, -0.2) is 0 Å². The highest BCUT2D eigenvalue weighted by Crippen LogP contribution is 2.11. The summed E-state index contributed by atoms with van der Waals surface area (Å²) in [4.78, 5) is 11.4. The van der Waals surface area contributed by atoms with E-state index in [9.17, 15) is 4.79 Å². The molecule has 5 nitrogen and oxygen atoms in total. The molecule has 1 atom stereocenters. The van der Waals surface area contributed by atoms with Crippen molar-refractivity contribution in [2.24, 2.45) is 0 Å². The molecule has 20 heavy (non-hydrogen) atoms. The summed E-state index contributed by atoms with van der Waals surface area (Å²) in [7, 11) is 0. The minimum Gasteiger partial charge on any atom is -0.492 e. The maximum absolute atomic E-state index is 11.4. The lowest BCUT2D eigenvalue weighted by molar-refractivity contribution is -0.120. The van der Waals surface area contributed by atoms with Crippen molar-refractivity contribution < 1.29 is 9.53 Å². The summed E-state index contributed by atoms with van der Waals surface area (Å²) in [5.74, 6) is 0.713. The minimum absolute atomic E-state index is 0.0676. The molecular formula is C15H21N3O2. The molecule has 0 heterocycles. The average Bonchev–Trinajstić information content (AvgIpc) is 2.45. The Hall–Kier alpha value is -2.06. The molecule has 0 spiro atoms. The van der Waals surface area contributed by atoms with Gasteiger partial charge in [0.05, 0.1) is 19.0 Å². The first kappa shape index (κ1) is 16.0. The SMILES string of the molecule is Cc1ccc(OCC(C)NCC(=O)NCCC#N)cc1. The number of amides is 1. The van der Waals surface area contributed by atoms with Gasteiger partial charge in [0, 0.05) is 12.6 Å². The molecule has 0 radical (unpaired) electrons. The smallest absolute Gasteiger partial charge is 0.234 e. The molecule has 0 bridgehead atoms. The number of nitrogens with one attached hydrogen (secondary N) is 2. The molecule has 1 rings (SSSR count). The van der Waals surface area contributed by atoms with E-state index in [4.69, 9.17) is 10.00 Å². The van der Waals surface area contributed by atoms with E-state index in [1.807, 2.05) is 44.2 Å². The molecular weight excluding hydrogens is 254 g/mol. The van der Waals surface area contributed by atoms with Gasteiger partial charge in [-0.15, -0.1) is 0 Å². The summed E-state index contributed by atoms with van der Waals surface area (Å²) in [5, 5.41) is 14.1. The van der Waals surface area contributed by atoms with Gasteiger partial charge in [0.2, 0.25) is 5.91 Å². The van der Waals surface area contributed by atoms with E-state index in [0.717, 1.165) is 5.75 Å². The molecule has 2 N–H and O–H groups in total. The summed E-state index contributed by atoms with van der Waals surface area (Å²) in [5.41, 5.74) is 1.19. The van der Waals surface area contributed by atoms with Crippen LogP contribution in [0.5, 0.6) is 5.75 Å². The average molecular weight is 275 g/mol. The van der Waals surface area contributed by atoms with E-state index < -0.39 is 0 Å². The number of nitriles is 1. The van der Waals surface area contributed by atoms with Gasteiger partial charge >= 0.3 is 0 Å². The van der Waals surface area contributed by atoms with Gasteiger partial charge in [0.1, 0.15) is 12.4 Å². The van der Waals surface area contributed by atoms with Gasteiger partial charge in [-0.1, -0.05) is 17.7 Å². The minimum atomic E-state index is -0.109. The number of hydrogen-bond donors (Lipinski definition) is 2. The fraction of sp³-hybridized carbons (Fsp3) is 0.467. The Morgan fingerprint density at radius 3 is 2.75 bits per heavy atom. The van der Waals surface area contributed by atoms with Gasteiger partial charge in [0.15, 0.2) is 0 Å². The van der Waals surface area contributed by atoms with Crippen molar-refractivity contribution in [2.45, 2.75) is 26.3 Å². The van der Waals surface area contributed by atoms with E-state index in [0.29, 0.717) is 19.6 Å². The summed E-state index contributed by atoms with van der Waals surface area (Å²) in [6.45, 7) is 5.10. The third-order valence-electron chi connectivity index (χ3n) is 2.69. The van der Waals surface area contributed by atoms with Crippen molar-refractivity contribution in [1.82, 2.24) is 10.6 Å². The number of carbonyl (C=O) groups excluding carboxylic acids is 1. The number of nitrogens with zero attached hydrogens (tertiary/aromatic N) is 1. The molecule has 0 aliphatic carbocycles. The zero-order valence-electron chi connectivity index (χ0n) is 12.0. The maximum Gasteiger partial charge on any atom is 0.234 e. The van der Waals surface area contributed by atoms with Crippen LogP contribution in [0.3, 0.4) is 0 Å². The monoisotopic (exact) mass is 275 g/mol. The van der Waals surface area contributed by atoms with Crippen LogP contribution >= 0.6 is 0 Å². The highest BCUT2D eigenvalue weighted by molar-refractivity contribution is 5.77. The fourth-order valence-corrected chi connectivity index (χ4v) is 1.50. The van der Waals surface area contributed by atoms with Crippen LogP contribution in [-0.4, -0.2) is 31.6 Å². The second-order valence-electron chi connectivity index (χ2n) is 4.66. The molecule has 0 aromatic heterocycles. The van der Waals surface area contributed by atoms with Crippen molar-refractivity contribution in [1.29, 1.82) is 5.26 Å². The normalized spacial score (nSPS) is 11.4. The van der Waals surface area contributed by atoms with Crippen molar-refractivity contribution >= 4 is 5.91 Å². The Bertz CT molecular complexity index is 451. The molecule has 1 aromatic carbocycles. The first-order valence-corrected chi connectivity index (χ1v) is 6.68. The van der Waals surface area contributed by atoms with E-state index in [1.54, 1.807) is 0 Å². The summed E-state index contributed by atoms with van der Waals surface area (Å²) in [6.07, 6.45) is 0.331. The van der Waals surface area contributed by atoms with Gasteiger partial charge in [0.25, 0.3) is 0 Å². The quantitative estimate of drug-likeness (QED) is 0.703. The third-order valence-corrected chi connectivity index (χ3v) is 2.69. The maximum atomic E-state index is 11.4. The Kier molecular flexibility index (Phi) is 7.15. The third kappa shape index (κ3) is 6.76. The van der Waals surface area contributed by atoms with Crippen molar-refractivity contribution in [2.75, 3.05) is 19.7 Å². The lowest BCUT2D eigenvalue weighted by Crippen LogP contribution is -2.40. The number of aryl methyl sites for hydroxylation is 1. The van der Waals surface area contributed by atoms with Crippen LogP contribution in [0, 0.1) is 18.3 Å². The summed E-state index contributed by atoms with van der Waals surface area (Å²) < 4.78 is 5.62. The van der Waals surface area contributed by atoms with Gasteiger partial charge in [-0.05, 0) is 26.0 Å². The topological polar surface area (TPSA) is 74.2 Å². The number of carbonyl (C=O) groups is 1. The molecule has 108 valence electrons. The number of benzene rings is 1. The summed E-state index contributed by atoms with van der Waals surface area (Å²) >= 11 is 0. The number of rotatable bonds is 8. The van der Waals surface area contributed by atoms with Crippen LogP contribution in [-0.2, 0) is 4.79 Å². The lowest BCUT2D eigenvalue weighted by Gasteiger charge is -2.14. The number of hydrogen-bond acceptors (Lipinski definition) is 4. The van der Waals surface area contributed by atoms with Crippen LogP contribution in [0.15, 0.2) is 24.3 Å². The predicted octanol–water partition coefficient (Wildman–Crippen LogP) is 1.38. The second kappa shape index (κ2) is 8.94. The van der Waals surface area contributed by atoms with Crippen molar-refractivity contribution in [3.05, 3.63) is 29.8 Å². The standard InChI is InChI=1S/C15H21N3O2/c1-12-4-6-14(7-5-12)20-11-13(2)18-10-15(19)17-9-3-8-16/h4-7,13,18H,3,9-11H2,1-2H3,(H,17,19). The highest BCUT2D eigenvalue weighted by Gasteiger charge is 2.06. The van der Waals surface area contributed by atoms with Crippen LogP contribution in [0.2, 0.25) is 0 Å². The first-order chi connectivity index (χ1) is 9.61. The van der Waals surface area contributed by atoms with Crippen molar-refractivity contribution in [3.63, 3.8) is 0 Å². The van der Waals surface area contributed by atoms with Gasteiger partial charge in [-0.2, -0.15) is 5.26 Å². The molecule has 1 amide bonds. The second-order valence-corrected chi connectivity index (χ2v) is 4.66. The molecule has 0 fully saturated rings. The fourth-order valence-electron chi connectivity index (χ4n) is 1.50. The van der Waals surface area contributed by atoms with Crippen LogP contribution in [0.25, 0.3) is 0 Å². The molecule has 0 saturated heterocycles. The van der Waals surface area contributed by atoms with Crippen LogP contribution < -0.4 is 15.4 Å². The Balaban J connectivity index is 2.17. The first-order valence-electron chi connectivity index (χ1n) is 6.68. The zero-order valence-corrected chi connectivity index (χ0v) is 12.0. The Labute approximate surface area is 119 Å². The highest BCUT2D eigenvalue weighted by atomic mass is 16.5. The molecule has 0 saturated carbocycles. The Morgan fingerprint density at radius 2 is 2.10 bits per heavy atom. The molecule has 1 aromatic rings. The largest absolute Gasteiger partial charge is 0.492 e. The molecule has 5 heteroatoms. The molecule has 1 unspecified atom stereocenters. The molecule has 0 aliphatic heterocycles. The lowest BCUT2D eigenvalue weighted by atomic mass is 10.2. The van der Waals surface area contributed by atoms with E-state index in [1.165, 1.54) is 5.56 Å². The van der Waals surface area contributed by atoms with E-state index in [2.05, 4.69) is 10.6 Å².